The lowest BCUT2D eigenvalue weighted by Crippen LogP contribution is -2.51. The molecule has 2 fully saturated rings. The summed E-state index contributed by atoms with van der Waals surface area (Å²) in [7, 11) is -3.83. The molecule has 0 aromatic heterocycles. The maximum atomic E-state index is 13.1. The van der Waals surface area contributed by atoms with Gasteiger partial charge in [0.25, 0.3) is 10.2 Å². The van der Waals surface area contributed by atoms with Crippen molar-refractivity contribution < 1.29 is 31.0 Å². The molecule has 1 saturated heterocycles. The summed E-state index contributed by atoms with van der Waals surface area (Å²) in [6.45, 7) is 1.91. The lowest BCUT2D eigenvalue weighted by Gasteiger charge is -2.27. The maximum absolute atomic E-state index is 13.1. The Bertz CT molecular complexity index is 883. The maximum Gasteiger partial charge on any atom is 0.512 e. The van der Waals surface area contributed by atoms with Gasteiger partial charge in [-0.3, -0.25) is 4.72 Å². The van der Waals surface area contributed by atoms with Crippen LogP contribution in [0.15, 0.2) is 35.3 Å². The molecule has 1 aromatic rings. The van der Waals surface area contributed by atoms with Crippen LogP contribution in [-0.4, -0.2) is 49.7 Å². The van der Waals surface area contributed by atoms with E-state index in [0.29, 0.717) is 5.69 Å². The number of quaternary nitrogens is 1. The minimum atomic E-state index is -5.01. The van der Waals surface area contributed by atoms with Crippen molar-refractivity contribution in [2.24, 2.45) is 4.99 Å². The zero-order valence-corrected chi connectivity index (χ0v) is 16.6. The molecule has 1 heterocycles. The van der Waals surface area contributed by atoms with E-state index in [1.54, 1.807) is 37.3 Å². The number of alkyl halides is 3. The molecule has 0 bridgehead atoms. The van der Waals surface area contributed by atoms with Gasteiger partial charge >= 0.3 is 12.1 Å². The molecule has 3 rings (SSSR count). The van der Waals surface area contributed by atoms with Crippen molar-refractivity contribution in [2.45, 2.75) is 50.5 Å². The predicted octanol–water partition coefficient (Wildman–Crippen LogP) is 2.04. The Morgan fingerprint density at radius 3 is 2.48 bits per heavy atom. The van der Waals surface area contributed by atoms with Crippen molar-refractivity contribution in [1.29, 1.82) is 0 Å². The standard InChI is InChI=1S/C17H23F3N5O3S/c1-2-21-12-25(15(26)17(18,19)20)16(24-25)10-8-14(9-11-16)23-29(27,28)22-13-6-4-3-5-7-13/h3-7,12,14,22-24H,2,8-11H2,1H3/q+1. The van der Waals surface area contributed by atoms with E-state index in [-0.39, 0.29) is 32.2 Å². The average molecular weight is 434 g/mol. The minimum absolute atomic E-state index is 0.197. The van der Waals surface area contributed by atoms with Gasteiger partial charge in [0.1, 0.15) is 0 Å². The third-order valence-electron chi connectivity index (χ3n) is 5.17. The van der Waals surface area contributed by atoms with Crippen LogP contribution in [0.25, 0.3) is 0 Å². The number of aliphatic imine (C=N–C) groups is 1. The second-order valence-corrected chi connectivity index (χ2v) is 8.59. The number of halogens is 3. The molecular weight excluding hydrogens is 411 g/mol. The van der Waals surface area contributed by atoms with Crippen molar-refractivity contribution in [3.63, 3.8) is 0 Å². The number of amides is 1. The highest BCUT2D eigenvalue weighted by atomic mass is 32.2. The first-order valence-electron chi connectivity index (χ1n) is 9.20. The van der Waals surface area contributed by atoms with Crippen molar-refractivity contribution in [2.75, 3.05) is 11.3 Å². The van der Waals surface area contributed by atoms with Crippen molar-refractivity contribution in [3.8, 4) is 0 Å². The Kier molecular flexibility index (Phi) is 5.73. The minimum Gasteiger partial charge on any atom is -0.271 e. The van der Waals surface area contributed by atoms with Crippen molar-refractivity contribution >= 4 is 28.1 Å². The number of nitrogens with zero attached hydrogens (tertiary/aromatic N) is 2. The van der Waals surface area contributed by atoms with Crippen LogP contribution in [0.4, 0.5) is 18.9 Å². The summed E-state index contributed by atoms with van der Waals surface area (Å²) in [5.74, 6) is -1.92. The van der Waals surface area contributed by atoms with Crippen LogP contribution in [0.3, 0.4) is 0 Å². The number of para-hydroxylation sites is 1. The van der Waals surface area contributed by atoms with Crippen molar-refractivity contribution in [3.05, 3.63) is 30.3 Å². The molecule has 1 atom stereocenters. The SMILES string of the molecule is CCN=C[N+]1(C(=O)C(F)(F)F)NC12CCC(NS(=O)(=O)Nc1ccccc1)CC2. The number of carbonyl (C=O) groups is 1. The number of nitrogens with one attached hydrogen (secondary N) is 3. The van der Waals surface area contributed by atoms with Gasteiger partial charge in [-0.25, -0.2) is 9.79 Å². The highest BCUT2D eigenvalue weighted by molar-refractivity contribution is 7.90. The Morgan fingerprint density at radius 1 is 1.31 bits per heavy atom. The van der Waals surface area contributed by atoms with Crippen LogP contribution in [0.2, 0.25) is 0 Å². The predicted molar refractivity (Wildman–Crippen MR) is 101 cm³/mol. The number of carbonyl (C=O) groups excluding carboxylic acids is 1. The van der Waals surface area contributed by atoms with Gasteiger partial charge in [0, 0.05) is 31.1 Å². The van der Waals surface area contributed by atoms with Gasteiger partial charge in [-0.1, -0.05) is 23.6 Å². The molecule has 29 heavy (non-hydrogen) atoms. The van der Waals surface area contributed by atoms with Gasteiger partial charge < -0.3 is 0 Å². The van der Waals surface area contributed by atoms with Crippen LogP contribution in [0.1, 0.15) is 32.6 Å². The van der Waals surface area contributed by atoms with Crippen molar-refractivity contribution in [1.82, 2.24) is 10.1 Å². The van der Waals surface area contributed by atoms with Crippen LogP contribution in [-0.2, 0) is 15.0 Å². The summed E-state index contributed by atoms with van der Waals surface area (Å²) < 4.78 is 67.7. The summed E-state index contributed by atoms with van der Waals surface area (Å²) in [5, 5.41) is 0. The number of anilines is 1. The Labute approximate surface area is 166 Å². The topological polar surface area (TPSA) is 110 Å². The summed E-state index contributed by atoms with van der Waals surface area (Å²) in [6, 6.07) is 7.89. The van der Waals surface area contributed by atoms with E-state index >= 15 is 0 Å². The number of hydrogen-bond acceptors (Lipinski definition) is 5. The molecule has 1 aromatic carbocycles. The average Bonchev–Trinajstić information content (AvgIpc) is 3.28. The monoisotopic (exact) mass is 434 g/mol. The molecule has 160 valence electrons. The molecule has 8 nitrogen and oxygen atoms in total. The van der Waals surface area contributed by atoms with Gasteiger partial charge in [-0.2, -0.15) is 26.3 Å². The molecule has 1 saturated carbocycles. The molecule has 1 unspecified atom stereocenters. The van der Waals surface area contributed by atoms with E-state index in [4.69, 9.17) is 0 Å². The summed E-state index contributed by atoms with van der Waals surface area (Å²) in [6.07, 6.45) is -3.03. The molecule has 2 aliphatic rings. The Hall–Kier alpha value is -2.02. The lowest BCUT2D eigenvalue weighted by atomic mass is 9.88. The second-order valence-electron chi connectivity index (χ2n) is 7.15. The number of rotatable bonds is 6. The first-order chi connectivity index (χ1) is 13.5. The zero-order valence-electron chi connectivity index (χ0n) is 15.7. The highest BCUT2D eigenvalue weighted by Gasteiger charge is 2.79. The molecule has 3 N–H and O–H groups in total. The fourth-order valence-corrected chi connectivity index (χ4v) is 4.91. The van der Waals surface area contributed by atoms with Gasteiger partial charge in [0.05, 0.1) is 0 Å². The van der Waals surface area contributed by atoms with Gasteiger partial charge in [0.2, 0.25) is 12.0 Å². The first-order valence-corrected chi connectivity index (χ1v) is 10.7. The van der Waals surface area contributed by atoms with E-state index in [1.807, 2.05) is 0 Å². The first kappa shape index (κ1) is 21.7. The molecule has 12 heteroatoms. The third-order valence-corrected chi connectivity index (χ3v) is 6.32. The fourth-order valence-electron chi connectivity index (χ4n) is 3.73. The van der Waals surface area contributed by atoms with Gasteiger partial charge in [-0.15, -0.1) is 4.59 Å². The summed E-state index contributed by atoms with van der Waals surface area (Å²) in [5.41, 5.74) is 1.99. The van der Waals surface area contributed by atoms with Crippen LogP contribution >= 0.6 is 0 Å². The quantitative estimate of drug-likeness (QED) is 0.275. The van der Waals surface area contributed by atoms with Crippen LogP contribution in [0, 0.1) is 0 Å². The van der Waals surface area contributed by atoms with E-state index in [2.05, 4.69) is 19.9 Å². The second kappa shape index (κ2) is 7.67. The van der Waals surface area contributed by atoms with E-state index in [0.717, 1.165) is 6.34 Å². The number of benzene rings is 1. The number of hydrogen-bond donors (Lipinski definition) is 3. The molecule has 1 amide bonds. The van der Waals surface area contributed by atoms with Gasteiger partial charge in [-0.05, 0) is 31.9 Å². The summed E-state index contributed by atoms with van der Waals surface area (Å²) >= 11 is 0. The molecule has 1 aliphatic carbocycles. The van der Waals surface area contributed by atoms with Crippen LogP contribution in [0.5, 0.6) is 0 Å². The Balaban J connectivity index is 1.65. The highest BCUT2D eigenvalue weighted by Crippen LogP contribution is 2.48. The smallest absolute Gasteiger partial charge is 0.271 e. The Morgan fingerprint density at radius 2 is 1.93 bits per heavy atom. The zero-order chi connectivity index (χ0) is 21.3. The summed E-state index contributed by atoms with van der Waals surface area (Å²) in [4.78, 5) is 15.9. The van der Waals surface area contributed by atoms with Gasteiger partial charge in [0.15, 0.2) is 0 Å². The van der Waals surface area contributed by atoms with E-state index in [1.165, 1.54) is 0 Å². The van der Waals surface area contributed by atoms with Crippen LogP contribution < -0.4 is 14.9 Å². The van der Waals surface area contributed by atoms with E-state index in [9.17, 15) is 26.4 Å². The largest absolute Gasteiger partial charge is 0.512 e. The lowest BCUT2D eigenvalue weighted by molar-refractivity contribution is -0.680. The normalized spacial score (nSPS) is 29.9. The third kappa shape index (κ3) is 4.44. The molecule has 1 spiro atoms. The molecule has 0 radical (unpaired) electrons. The van der Waals surface area contributed by atoms with E-state index < -0.39 is 38.6 Å². The molecule has 1 aliphatic heterocycles. The fraction of sp³-hybridized carbons (Fsp3) is 0.529. The molecular formula is C17H23F3N5O3S+.